The number of hydrogen-bond donors (Lipinski definition) is 0. The Hall–Kier alpha value is 0.1000. The van der Waals surface area contributed by atoms with Gasteiger partial charge in [0.15, 0.2) is 0 Å². The maximum absolute atomic E-state index is 11.5. The molecular formula is C8H13O2PS. The van der Waals surface area contributed by atoms with Gasteiger partial charge in [0.1, 0.15) is 0 Å². The van der Waals surface area contributed by atoms with E-state index >= 15 is 0 Å². The molecule has 3 unspecified atom stereocenters. The van der Waals surface area contributed by atoms with Gasteiger partial charge in [-0.15, -0.1) is 6.42 Å². The third-order valence-corrected chi connectivity index (χ3v) is 6.12. The molecule has 3 atom stereocenters. The molecule has 4 heteroatoms. The topological polar surface area (TPSA) is 26.3 Å². The van der Waals surface area contributed by atoms with Gasteiger partial charge in [-0.25, -0.2) is 0 Å². The minimum Gasteiger partial charge on any atom is -0.317 e. The van der Waals surface area contributed by atoms with E-state index in [4.69, 9.17) is 10.9 Å². The molecule has 0 aromatic rings. The van der Waals surface area contributed by atoms with Crippen molar-refractivity contribution in [2.45, 2.75) is 20.0 Å². The highest BCUT2D eigenvalue weighted by Crippen LogP contribution is 2.63. The maximum Gasteiger partial charge on any atom is 0.255 e. The van der Waals surface area contributed by atoms with E-state index in [1.807, 2.05) is 13.8 Å². The lowest BCUT2D eigenvalue weighted by molar-refractivity contribution is 0.138. The molecule has 0 aromatic carbocycles. The minimum atomic E-state index is -2.41. The Labute approximate surface area is 77.6 Å². The normalized spacial score (nSPS) is 48.3. The van der Waals surface area contributed by atoms with Gasteiger partial charge in [-0.1, -0.05) is 17.3 Å². The maximum atomic E-state index is 11.5. The van der Waals surface area contributed by atoms with Gasteiger partial charge in [0.05, 0.1) is 11.5 Å². The molecule has 12 heavy (non-hydrogen) atoms. The zero-order chi connectivity index (χ0) is 9.41. The molecule has 1 fully saturated rings. The second kappa shape index (κ2) is 3.10. The first-order valence-electron chi connectivity index (χ1n) is 3.78. The summed E-state index contributed by atoms with van der Waals surface area (Å²) in [7, 11) is 0. The molecule has 1 rings (SSSR count). The third kappa shape index (κ3) is 1.88. The number of rotatable bonds is 0. The van der Waals surface area contributed by atoms with Crippen LogP contribution < -0.4 is 0 Å². The Bertz CT molecular complexity index is 271. The smallest absolute Gasteiger partial charge is 0.255 e. The summed E-state index contributed by atoms with van der Waals surface area (Å²) in [5.74, 6) is 3.42. The first-order valence-corrected chi connectivity index (χ1v) is 7.44. The molecule has 0 amide bonds. The fourth-order valence-corrected chi connectivity index (χ4v) is 4.73. The van der Waals surface area contributed by atoms with Crippen LogP contribution >= 0.6 is 18.0 Å². The predicted octanol–water partition coefficient (Wildman–Crippen LogP) is 2.60. The molecule has 0 radical (unpaired) electrons. The first-order chi connectivity index (χ1) is 5.40. The van der Waals surface area contributed by atoms with E-state index in [9.17, 15) is 4.57 Å². The van der Waals surface area contributed by atoms with Crippen LogP contribution in [0.1, 0.15) is 13.8 Å². The molecule has 0 saturated carbocycles. The summed E-state index contributed by atoms with van der Waals surface area (Å²) < 4.78 is 16.9. The van der Waals surface area contributed by atoms with Crippen LogP contribution in [0.3, 0.4) is 0 Å². The second-order valence-electron chi connectivity index (χ2n) is 3.35. The van der Waals surface area contributed by atoms with E-state index < -0.39 is 6.57 Å². The average Bonchev–Trinajstić information content (AvgIpc) is 1.97. The lowest BCUT2D eigenvalue weighted by Gasteiger charge is -2.37. The molecule has 1 aliphatic heterocycles. The molecule has 0 spiro atoms. The van der Waals surface area contributed by atoms with Crippen molar-refractivity contribution < 1.29 is 9.09 Å². The van der Waals surface area contributed by atoms with Gasteiger partial charge in [0.2, 0.25) is 0 Å². The molecule has 0 aliphatic carbocycles. The fraction of sp³-hybridized carbons (Fsp3) is 0.750. The first kappa shape index (κ1) is 10.2. The van der Waals surface area contributed by atoms with Crippen LogP contribution in [-0.4, -0.2) is 18.5 Å². The van der Waals surface area contributed by atoms with Gasteiger partial charge in [-0.05, 0) is 13.8 Å². The zero-order valence-corrected chi connectivity index (χ0v) is 9.24. The molecule has 68 valence electrons. The second-order valence-corrected chi connectivity index (χ2v) is 8.42. The van der Waals surface area contributed by atoms with Gasteiger partial charge >= 0.3 is 0 Å². The van der Waals surface area contributed by atoms with Crippen molar-refractivity contribution in [3.05, 3.63) is 0 Å². The monoisotopic (exact) mass is 204 g/mol. The average molecular weight is 204 g/mol. The standard InChI is InChI=1S/C8H13O2PS/c1-5-8(3)6-12-11(4,9)10-7(8)2/h1,7H,6H2,2-4H3. The molecule has 2 nitrogen and oxygen atoms in total. The summed E-state index contributed by atoms with van der Waals surface area (Å²) in [6, 6.07) is 0. The SMILES string of the molecule is C#CC1(C)CSP(C)(=O)OC1C. The quantitative estimate of drug-likeness (QED) is 0.448. The van der Waals surface area contributed by atoms with Crippen LogP contribution in [0.4, 0.5) is 0 Å². The third-order valence-electron chi connectivity index (χ3n) is 2.18. The van der Waals surface area contributed by atoms with E-state index in [-0.39, 0.29) is 11.5 Å². The van der Waals surface area contributed by atoms with Crippen LogP contribution in [0.15, 0.2) is 0 Å². The van der Waals surface area contributed by atoms with E-state index in [1.165, 1.54) is 11.4 Å². The summed E-state index contributed by atoms with van der Waals surface area (Å²) in [6.07, 6.45) is 5.27. The molecule has 1 heterocycles. The highest BCUT2D eigenvalue weighted by Gasteiger charge is 2.40. The summed E-state index contributed by atoms with van der Waals surface area (Å²) >= 11 is 1.35. The molecule has 1 saturated heterocycles. The van der Waals surface area contributed by atoms with E-state index in [2.05, 4.69) is 5.92 Å². The fourth-order valence-electron chi connectivity index (χ4n) is 0.962. The lowest BCUT2D eigenvalue weighted by atomic mass is 9.88. The Morgan fingerprint density at radius 2 is 2.42 bits per heavy atom. The van der Waals surface area contributed by atoms with Crippen molar-refractivity contribution >= 4 is 18.0 Å². The highest BCUT2D eigenvalue weighted by molar-refractivity contribution is 8.56. The Kier molecular flexibility index (Phi) is 2.63. The Balaban J connectivity index is 2.81. The largest absolute Gasteiger partial charge is 0.317 e. The molecular weight excluding hydrogens is 191 g/mol. The number of hydrogen-bond acceptors (Lipinski definition) is 3. The van der Waals surface area contributed by atoms with Gasteiger partial charge < -0.3 is 4.52 Å². The molecule has 1 aliphatic rings. The molecule has 0 bridgehead atoms. The summed E-state index contributed by atoms with van der Waals surface area (Å²) in [5, 5.41) is 0. The van der Waals surface area contributed by atoms with Crippen molar-refractivity contribution in [3.63, 3.8) is 0 Å². The van der Waals surface area contributed by atoms with Gasteiger partial charge in [0, 0.05) is 12.4 Å². The van der Waals surface area contributed by atoms with Crippen molar-refractivity contribution in [1.29, 1.82) is 0 Å². The van der Waals surface area contributed by atoms with Crippen LogP contribution in [0.25, 0.3) is 0 Å². The van der Waals surface area contributed by atoms with Gasteiger partial charge in [0.25, 0.3) is 6.57 Å². The van der Waals surface area contributed by atoms with Crippen molar-refractivity contribution in [2.75, 3.05) is 12.4 Å². The highest BCUT2D eigenvalue weighted by atomic mass is 32.7. The minimum absolute atomic E-state index is 0.111. The Morgan fingerprint density at radius 3 is 2.83 bits per heavy atom. The van der Waals surface area contributed by atoms with Crippen molar-refractivity contribution in [2.24, 2.45) is 5.41 Å². The predicted molar refractivity (Wildman–Crippen MR) is 53.5 cm³/mol. The van der Waals surface area contributed by atoms with Crippen LogP contribution in [0, 0.1) is 17.8 Å². The van der Waals surface area contributed by atoms with Crippen LogP contribution in [0.2, 0.25) is 0 Å². The van der Waals surface area contributed by atoms with Crippen molar-refractivity contribution in [1.82, 2.24) is 0 Å². The van der Waals surface area contributed by atoms with E-state index in [0.29, 0.717) is 0 Å². The summed E-state index contributed by atoms with van der Waals surface area (Å²) in [4.78, 5) is 0. The number of terminal acetylenes is 1. The van der Waals surface area contributed by atoms with E-state index in [1.54, 1.807) is 6.66 Å². The van der Waals surface area contributed by atoms with Gasteiger partial charge in [-0.2, -0.15) is 0 Å². The van der Waals surface area contributed by atoms with Crippen molar-refractivity contribution in [3.8, 4) is 12.3 Å². The van der Waals surface area contributed by atoms with Gasteiger partial charge in [-0.3, -0.25) is 4.57 Å². The summed E-state index contributed by atoms with van der Waals surface area (Å²) in [5.41, 5.74) is -0.269. The zero-order valence-electron chi connectivity index (χ0n) is 7.53. The summed E-state index contributed by atoms with van der Waals surface area (Å²) in [6.45, 7) is 3.08. The molecule has 0 N–H and O–H groups in total. The Morgan fingerprint density at radius 1 is 1.83 bits per heavy atom. The van der Waals surface area contributed by atoms with Crippen LogP contribution in [-0.2, 0) is 9.09 Å². The lowest BCUT2D eigenvalue weighted by Crippen LogP contribution is -2.35. The molecule has 0 aromatic heterocycles. The van der Waals surface area contributed by atoms with Crippen LogP contribution in [0.5, 0.6) is 0 Å². The van der Waals surface area contributed by atoms with E-state index in [0.717, 1.165) is 5.75 Å².